The predicted octanol–water partition coefficient (Wildman–Crippen LogP) is 11.7. The van der Waals surface area contributed by atoms with E-state index >= 15 is 0 Å². The van der Waals surface area contributed by atoms with Crippen LogP contribution in [0.5, 0.6) is 0 Å². The second-order valence-corrected chi connectivity index (χ2v) is 12.6. The zero-order valence-electron chi connectivity index (χ0n) is 27.1. The third-order valence-corrected chi connectivity index (χ3v) is 9.72. The summed E-state index contributed by atoms with van der Waals surface area (Å²) in [6.07, 6.45) is 0. The quantitative estimate of drug-likeness (QED) is 0.188. The number of para-hydroxylation sites is 4. The maximum atomic E-state index is 5.41. The van der Waals surface area contributed by atoms with Crippen LogP contribution in [-0.2, 0) is 0 Å². The van der Waals surface area contributed by atoms with Crippen LogP contribution < -0.4 is 0 Å². The van der Waals surface area contributed by atoms with Crippen molar-refractivity contribution in [1.82, 2.24) is 19.1 Å². The fourth-order valence-corrected chi connectivity index (χ4v) is 7.41. The van der Waals surface area contributed by atoms with Crippen molar-refractivity contribution < 1.29 is 0 Å². The van der Waals surface area contributed by atoms with Gasteiger partial charge in [0, 0.05) is 38.7 Å². The number of aromatic nitrogens is 4. The van der Waals surface area contributed by atoms with E-state index < -0.39 is 0 Å². The molecule has 7 aromatic carbocycles. The number of hydrogen-bond acceptors (Lipinski definition) is 2. The predicted molar refractivity (Wildman–Crippen MR) is 207 cm³/mol. The molecule has 0 spiro atoms. The molecule has 0 N–H and O–H groups in total. The summed E-state index contributed by atoms with van der Waals surface area (Å²) in [5.41, 5.74) is 12.8. The minimum atomic E-state index is 0.882. The highest BCUT2D eigenvalue weighted by atomic mass is 15.1. The monoisotopic (exact) mass is 638 g/mol. The van der Waals surface area contributed by atoms with Gasteiger partial charge in [0.25, 0.3) is 0 Å². The lowest BCUT2D eigenvalue weighted by atomic mass is 10.0. The number of hydrogen-bond donors (Lipinski definition) is 0. The van der Waals surface area contributed by atoms with Crippen molar-refractivity contribution in [2.75, 3.05) is 0 Å². The summed E-state index contributed by atoms with van der Waals surface area (Å²) in [6, 6.07) is 64.2. The van der Waals surface area contributed by atoms with Crippen LogP contribution in [0.3, 0.4) is 0 Å². The van der Waals surface area contributed by atoms with Crippen molar-refractivity contribution in [3.63, 3.8) is 0 Å². The van der Waals surface area contributed by atoms with Crippen molar-refractivity contribution in [3.05, 3.63) is 182 Å². The summed E-state index contributed by atoms with van der Waals surface area (Å²) < 4.78 is 4.64. The smallest absolute Gasteiger partial charge is 0.145 e. The summed E-state index contributed by atoms with van der Waals surface area (Å²) in [6.45, 7) is 0. The summed E-state index contributed by atoms with van der Waals surface area (Å²) >= 11 is 0. The summed E-state index contributed by atoms with van der Waals surface area (Å²) in [7, 11) is 0. The van der Waals surface area contributed by atoms with E-state index in [9.17, 15) is 0 Å². The SMILES string of the molecule is c1ccc(-c2nc3ccccc3c3nc(-c4ccc(-c5ccc6c7ccccc7n(-c7ccccc7)c6c5)cc4)n(-c4ccccc4)c23)cc1. The lowest BCUT2D eigenvalue weighted by molar-refractivity contribution is 1.10. The van der Waals surface area contributed by atoms with Crippen molar-refractivity contribution >= 4 is 43.7 Å². The molecule has 0 saturated carbocycles. The number of imidazole rings is 1. The van der Waals surface area contributed by atoms with E-state index in [1.165, 1.54) is 27.4 Å². The Morgan fingerprint density at radius 1 is 0.360 bits per heavy atom. The first-order chi connectivity index (χ1) is 24.8. The highest BCUT2D eigenvalue weighted by molar-refractivity contribution is 6.11. The van der Waals surface area contributed by atoms with Gasteiger partial charge < -0.3 is 4.57 Å². The van der Waals surface area contributed by atoms with Gasteiger partial charge in [-0.25, -0.2) is 9.97 Å². The Labute approximate surface area is 289 Å². The first-order valence-corrected chi connectivity index (χ1v) is 16.9. The fraction of sp³-hybridized carbons (Fsp3) is 0. The van der Waals surface area contributed by atoms with Gasteiger partial charge in [-0.2, -0.15) is 0 Å². The molecular weight excluding hydrogens is 609 g/mol. The molecule has 50 heavy (non-hydrogen) atoms. The molecule has 0 atom stereocenters. The van der Waals surface area contributed by atoms with E-state index in [1.807, 2.05) is 12.1 Å². The Morgan fingerprint density at radius 3 is 1.66 bits per heavy atom. The van der Waals surface area contributed by atoms with Gasteiger partial charge in [0.2, 0.25) is 0 Å². The van der Waals surface area contributed by atoms with Gasteiger partial charge in [-0.15, -0.1) is 0 Å². The summed E-state index contributed by atoms with van der Waals surface area (Å²) in [4.78, 5) is 10.6. The molecule has 10 aromatic rings. The Kier molecular flexibility index (Phi) is 6.46. The fourth-order valence-electron chi connectivity index (χ4n) is 7.41. The Balaban J connectivity index is 1.17. The number of benzene rings is 7. The highest BCUT2D eigenvalue weighted by Gasteiger charge is 2.22. The van der Waals surface area contributed by atoms with E-state index in [4.69, 9.17) is 9.97 Å². The van der Waals surface area contributed by atoms with Crippen LogP contribution >= 0.6 is 0 Å². The van der Waals surface area contributed by atoms with Gasteiger partial charge in [0.1, 0.15) is 16.9 Å². The van der Waals surface area contributed by atoms with Gasteiger partial charge in [-0.3, -0.25) is 4.57 Å². The Bertz CT molecular complexity index is 2830. The van der Waals surface area contributed by atoms with E-state index in [-0.39, 0.29) is 0 Å². The molecule has 4 nitrogen and oxygen atoms in total. The Morgan fingerprint density at radius 2 is 0.920 bits per heavy atom. The topological polar surface area (TPSA) is 35.6 Å². The van der Waals surface area contributed by atoms with Gasteiger partial charge in [-0.1, -0.05) is 140 Å². The maximum Gasteiger partial charge on any atom is 0.145 e. The summed E-state index contributed by atoms with van der Waals surface area (Å²) in [5.74, 6) is 0.882. The molecule has 0 aliphatic heterocycles. The lowest BCUT2D eigenvalue weighted by Gasteiger charge is -2.13. The number of nitrogens with zero attached hydrogens (tertiary/aromatic N) is 4. The molecule has 0 unspecified atom stereocenters. The normalized spacial score (nSPS) is 11.6. The molecule has 0 bridgehead atoms. The van der Waals surface area contributed by atoms with Crippen molar-refractivity contribution in [1.29, 1.82) is 0 Å². The molecule has 0 radical (unpaired) electrons. The van der Waals surface area contributed by atoms with Gasteiger partial charge >= 0.3 is 0 Å². The van der Waals surface area contributed by atoms with Crippen molar-refractivity contribution in [3.8, 4) is 45.1 Å². The first-order valence-electron chi connectivity index (χ1n) is 16.9. The number of rotatable bonds is 5. The molecule has 3 heterocycles. The van der Waals surface area contributed by atoms with Gasteiger partial charge in [0.15, 0.2) is 0 Å². The van der Waals surface area contributed by atoms with Crippen LogP contribution in [0.15, 0.2) is 182 Å². The van der Waals surface area contributed by atoms with E-state index in [1.54, 1.807) is 0 Å². The van der Waals surface area contributed by atoms with E-state index in [0.717, 1.165) is 61.5 Å². The third-order valence-electron chi connectivity index (χ3n) is 9.72. The molecule has 0 amide bonds. The van der Waals surface area contributed by atoms with Crippen LogP contribution in [0.2, 0.25) is 0 Å². The third kappa shape index (κ3) is 4.46. The van der Waals surface area contributed by atoms with Crippen LogP contribution in [0.25, 0.3) is 88.9 Å². The second-order valence-electron chi connectivity index (χ2n) is 12.6. The minimum Gasteiger partial charge on any atom is -0.309 e. The van der Waals surface area contributed by atoms with Crippen LogP contribution in [0.4, 0.5) is 0 Å². The highest BCUT2D eigenvalue weighted by Crippen LogP contribution is 2.39. The zero-order chi connectivity index (χ0) is 33.0. The molecule has 0 aliphatic rings. The van der Waals surface area contributed by atoms with Crippen molar-refractivity contribution in [2.45, 2.75) is 0 Å². The molecule has 234 valence electrons. The van der Waals surface area contributed by atoms with E-state index in [0.29, 0.717) is 0 Å². The number of pyridine rings is 1. The van der Waals surface area contributed by atoms with Crippen LogP contribution in [0.1, 0.15) is 0 Å². The Hall–Kier alpha value is -6.78. The van der Waals surface area contributed by atoms with E-state index in [2.05, 4.69) is 179 Å². The van der Waals surface area contributed by atoms with Gasteiger partial charge in [-0.05, 0) is 53.6 Å². The molecular formula is C46H30N4. The largest absolute Gasteiger partial charge is 0.309 e. The molecule has 3 aromatic heterocycles. The van der Waals surface area contributed by atoms with Crippen LogP contribution in [-0.4, -0.2) is 19.1 Å². The molecule has 0 aliphatic carbocycles. The minimum absolute atomic E-state index is 0.882. The molecule has 0 saturated heterocycles. The second kappa shape index (κ2) is 11.4. The van der Waals surface area contributed by atoms with Gasteiger partial charge in [0.05, 0.1) is 22.2 Å². The molecule has 0 fully saturated rings. The molecule has 4 heteroatoms. The van der Waals surface area contributed by atoms with Crippen LogP contribution in [0, 0.1) is 0 Å². The zero-order valence-corrected chi connectivity index (χ0v) is 27.1. The number of fused-ring (bicyclic) bond motifs is 6. The molecule has 10 rings (SSSR count). The lowest BCUT2D eigenvalue weighted by Crippen LogP contribution is -2.00. The van der Waals surface area contributed by atoms with Crippen molar-refractivity contribution in [2.24, 2.45) is 0 Å². The first kappa shape index (κ1) is 28.3. The standard InChI is InChI=1S/C46H30N4/c1-4-14-32(15-5-1)43-45-44(39-21-10-12-22-40(39)47-43)48-46(50(45)36-18-8-3-9-19-36)33-26-24-31(25-27-33)34-28-29-38-37-20-11-13-23-41(37)49(42(38)30-34)35-16-6-2-7-17-35/h1-30H. The maximum absolute atomic E-state index is 5.41. The average Bonchev–Trinajstić information content (AvgIpc) is 3.76. The summed E-state index contributed by atoms with van der Waals surface area (Å²) in [5, 5.41) is 3.54. The average molecular weight is 639 g/mol.